The fraction of sp³-hybridized carbons (Fsp3) is 0.136. The Bertz CT molecular complexity index is 966. The molecular weight excluding hydrogens is 336 g/mol. The molecule has 0 aliphatic rings. The van der Waals surface area contributed by atoms with Crippen LogP contribution in [0.3, 0.4) is 0 Å². The van der Waals surface area contributed by atoms with Crippen molar-refractivity contribution in [2.24, 2.45) is 0 Å². The zero-order chi connectivity index (χ0) is 19.4. The first-order chi connectivity index (χ1) is 12.8. The summed E-state index contributed by atoms with van der Waals surface area (Å²) in [5, 5.41) is 6.35. The number of carbonyl (C=O) groups excluding carboxylic acids is 1. The van der Waals surface area contributed by atoms with Crippen LogP contribution in [-0.2, 0) is 5.54 Å². The van der Waals surface area contributed by atoms with Gasteiger partial charge in [-0.25, -0.2) is 0 Å². The first-order valence-corrected chi connectivity index (χ1v) is 8.75. The molecule has 5 heteroatoms. The maximum absolute atomic E-state index is 12.6. The Morgan fingerprint density at radius 2 is 1.41 bits per heavy atom. The van der Waals surface area contributed by atoms with E-state index >= 15 is 0 Å². The largest absolute Gasteiger partial charge is 0.399 e. The molecule has 0 bridgehead atoms. The molecule has 0 unspecified atom stereocenters. The van der Waals surface area contributed by atoms with Gasteiger partial charge in [-0.15, -0.1) is 0 Å². The lowest BCUT2D eigenvalue weighted by Crippen LogP contribution is -2.28. The second kappa shape index (κ2) is 7.41. The molecule has 0 aliphatic heterocycles. The number of hydrogen-bond donors (Lipinski definition) is 4. The normalized spacial score (nSPS) is 11.0. The third-order valence-electron chi connectivity index (χ3n) is 4.33. The summed E-state index contributed by atoms with van der Waals surface area (Å²) in [4.78, 5) is 12.6. The predicted octanol–water partition coefficient (Wildman–Crippen LogP) is 4.45. The number of rotatable bonds is 5. The smallest absolute Gasteiger partial charge is 0.255 e. The summed E-state index contributed by atoms with van der Waals surface area (Å²) in [6, 6.07) is 22.3. The Morgan fingerprint density at radius 3 is 2.07 bits per heavy atom. The number of hydrogen-bond acceptors (Lipinski definition) is 4. The van der Waals surface area contributed by atoms with Crippen LogP contribution in [-0.4, -0.2) is 5.91 Å². The quantitative estimate of drug-likeness (QED) is 0.506. The Labute approximate surface area is 159 Å². The van der Waals surface area contributed by atoms with E-state index in [1.54, 1.807) is 24.3 Å². The van der Waals surface area contributed by atoms with Crippen molar-refractivity contribution in [2.75, 3.05) is 22.1 Å². The minimum atomic E-state index is -0.388. The molecule has 138 valence electrons. The molecular formula is C22H24N4O. The molecule has 0 aromatic heterocycles. The Kier molecular flexibility index (Phi) is 5.03. The van der Waals surface area contributed by atoms with Crippen LogP contribution < -0.4 is 22.1 Å². The number of carbonyl (C=O) groups is 1. The average molecular weight is 360 g/mol. The molecule has 3 aromatic carbocycles. The number of nitrogen functional groups attached to an aromatic ring is 2. The van der Waals surface area contributed by atoms with E-state index in [0.717, 1.165) is 11.3 Å². The van der Waals surface area contributed by atoms with Crippen molar-refractivity contribution in [1.29, 1.82) is 0 Å². The highest BCUT2D eigenvalue weighted by atomic mass is 16.1. The highest BCUT2D eigenvalue weighted by molar-refractivity contribution is 6.04. The van der Waals surface area contributed by atoms with Crippen molar-refractivity contribution in [1.82, 2.24) is 0 Å². The average Bonchev–Trinajstić information content (AvgIpc) is 2.61. The molecule has 3 aromatic rings. The minimum Gasteiger partial charge on any atom is -0.399 e. The summed E-state index contributed by atoms with van der Waals surface area (Å²) in [5.41, 5.74) is 15.7. The van der Waals surface area contributed by atoms with Crippen LogP contribution >= 0.6 is 0 Å². The van der Waals surface area contributed by atoms with Crippen molar-refractivity contribution in [3.05, 3.63) is 83.9 Å². The summed E-state index contributed by atoms with van der Waals surface area (Å²) in [6.45, 7) is 4.12. The SMILES string of the molecule is CC(C)(Nc1cccc(N)c1)c1cccc(C(=O)Nc2cccc(N)c2)c1. The Hall–Kier alpha value is -3.47. The third-order valence-corrected chi connectivity index (χ3v) is 4.33. The number of benzene rings is 3. The third kappa shape index (κ3) is 4.58. The van der Waals surface area contributed by atoms with Gasteiger partial charge in [0.1, 0.15) is 0 Å². The molecule has 0 heterocycles. The van der Waals surface area contributed by atoms with Gasteiger partial charge in [-0.05, 0) is 67.9 Å². The van der Waals surface area contributed by atoms with Crippen molar-refractivity contribution in [3.8, 4) is 0 Å². The molecule has 0 spiro atoms. The minimum absolute atomic E-state index is 0.179. The number of nitrogens with two attached hydrogens (primary N) is 2. The van der Waals surface area contributed by atoms with Gasteiger partial charge in [-0.2, -0.15) is 0 Å². The molecule has 0 radical (unpaired) electrons. The second-order valence-electron chi connectivity index (χ2n) is 7.04. The lowest BCUT2D eigenvalue weighted by Gasteiger charge is -2.29. The molecule has 5 nitrogen and oxygen atoms in total. The van der Waals surface area contributed by atoms with E-state index in [9.17, 15) is 4.79 Å². The molecule has 0 atom stereocenters. The van der Waals surface area contributed by atoms with E-state index in [1.807, 2.05) is 48.5 Å². The fourth-order valence-electron chi connectivity index (χ4n) is 2.92. The van der Waals surface area contributed by atoms with Crippen molar-refractivity contribution >= 4 is 28.7 Å². The van der Waals surface area contributed by atoms with Gasteiger partial charge < -0.3 is 22.1 Å². The molecule has 0 fully saturated rings. The van der Waals surface area contributed by atoms with Crippen LogP contribution in [0.5, 0.6) is 0 Å². The van der Waals surface area contributed by atoms with Crippen LogP contribution in [0.15, 0.2) is 72.8 Å². The first kappa shape index (κ1) is 18.3. The first-order valence-electron chi connectivity index (χ1n) is 8.75. The predicted molar refractivity (Wildman–Crippen MR) is 113 cm³/mol. The van der Waals surface area contributed by atoms with Crippen molar-refractivity contribution in [3.63, 3.8) is 0 Å². The maximum atomic E-state index is 12.6. The Morgan fingerprint density at radius 1 is 0.815 bits per heavy atom. The molecule has 3 rings (SSSR count). The zero-order valence-electron chi connectivity index (χ0n) is 15.5. The second-order valence-corrected chi connectivity index (χ2v) is 7.04. The lowest BCUT2D eigenvalue weighted by atomic mass is 9.92. The molecule has 6 N–H and O–H groups in total. The van der Waals surface area contributed by atoms with E-state index in [-0.39, 0.29) is 11.4 Å². The zero-order valence-corrected chi connectivity index (χ0v) is 15.5. The number of amides is 1. The molecule has 0 saturated heterocycles. The van der Waals surface area contributed by atoms with Gasteiger partial charge in [0.15, 0.2) is 0 Å². The monoisotopic (exact) mass is 360 g/mol. The van der Waals surface area contributed by atoms with E-state index in [2.05, 4.69) is 24.5 Å². The van der Waals surface area contributed by atoms with Crippen LogP contribution in [0.1, 0.15) is 29.8 Å². The van der Waals surface area contributed by atoms with Gasteiger partial charge in [-0.1, -0.05) is 24.3 Å². The summed E-state index contributed by atoms with van der Waals surface area (Å²) in [6.07, 6.45) is 0. The van der Waals surface area contributed by atoms with Crippen molar-refractivity contribution < 1.29 is 4.79 Å². The highest BCUT2D eigenvalue weighted by Crippen LogP contribution is 2.27. The number of anilines is 4. The standard InChI is InChI=1S/C22H24N4O/c1-22(2,26-20-11-5-9-18(24)14-20)16-7-3-6-15(12-16)21(27)25-19-10-4-8-17(23)13-19/h3-14,26H,23-24H2,1-2H3,(H,25,27). The van der Waals surface area contributed by atoms with E-state index < -0.39 is 0 Å². The van der Waals surface area contributed by atoms with E-state index in [4.69, 9.17) is 11.5 Å². The molecule has 27 heavy (non-hydrogen) atoms. The van der Waals surface area contributed by atoms with Gasteiger partial charge in [0.2, 0.25) is 0 Å². The topological polar surface area (TPSA) is 93.2 Å². The van der Waals surface area contributed by atoms with Crippen LogP contribution in [0.2, 0.25) is 0 Å². The maximum Gasteiger partial charge on any atom is 0.255 e. The van der Waals surface area contributed by atoms with E-state index in [0.29, 0.717) is 22.6 Å². The van der Waals surface area contributed by atoms with Crippen LogP contribution in [0.4, 0.5) is 22.7 Å². The highest BCUT2D eigenvalue weighted by Gasteiger charge is 2.21. The summed E-state index contributed by atoms with van der Waals surface area (Å²) in [7, 11) is 0. The molecule has 0 saturated carbocycles. The molecule has 0 aliphatic carbocycles. The van der Waals surface area contributed by atoms with Gasteiger partial charge in [-0.3, -0.25) is 4.79 Å². The summed E-state index contributed by atoms with van der Waals surface area (Å²) >= 11 is 0. The van der Waals surface area contributed by atoms with Gasteiger partial charge in [0.25, 0.3) is 5.91 Å². The van der Waals surface area contributed by atoms with Crippen molar-refractivity contribution in [2.45, 2.75) is 19.4 Å². The van der Waals surface area contributed by atoms with Gasteiger partial charge in [0, 0.05) is 28.3 Å². The summed E-state index contributed by atoms with van der Waals surface area (Å²) in [5.74, 6) is -0.179. The lowest BCUT2D eigenvalue weighted by molar-refractivity contribution is 0.102. The van der Waals surface area contributed by atoms with E-state index in [1.165, 1.54) is 0 Å². The summed E-state index contributed by atoms with van der Waals surface area (Å²) < 4.78 is 0. The Balaban J connectivity index is 1.80. The molecule has 1 amide bonds. The number of nitrogens with one attached hydrogen (secondary N) is 2. The van der Waals surface area contributed by atoms with Gasteiger partial charge >= 0.3 is 0 Å². The van der Waals surface area contributed by atoms with Crippen LogP contribution in [0.25, 0.3) is 0 Å². The van der Waals surface area contributed by atoms with Gasteiger partial charge in [0.05, 0.1) is 5.54 Å². The fourth-order valence-corrected chi connectivity index (χ4v) is 2.92. The van der Waals surface area contributed by atoms with Crippen LogP contribution in [0, 0.1) is 0 Å².